The van der Waals surface area contributed by atoms with Crippen molar-refractivity contribution < 1.29 is 27.0 Å². The number of hydrogen-bond acceptors (Lipinski definition) is 2. The van der Waals surface area contributed by atoms with Gasteiger partial charge in [0.25, 0.3) is 0 Å². The average molecular weight is 499 g/mol. The van der Waals surface area contributed by atoms with Crippen molar-refractivity contribution in [3.63, 3.8) is 0 Å². The number of halogens is 4. The molecule has 0 saturated heterocycles. The molecule has 190 valence electrons. The van der Waals surface area contributed by atoms with Crippen LogP contribution in [0.25, 0.3) is 17.2 Å². The Morgan fingerprint density at radius 3 is 2.19 bits per heavy atom. The highest BCUT2D eigenvalue weighted by Gasteiger charge is 2.25. The van der Waals surface area contributed by atoms with E-state index in [1.807, 2.05) is 6.08 Å². The van der Waals surface area contributed by atoms with Crippen LogP contribution >= 0.6 is 0 Å². The van der Waals surface area contributed by atoms with Gasteiger partial charge in [-0.15, -0.1) is 0 Å². The lowest BCUT2D eigenvalue weighted by atomic mass is 9.78. The normalized spacial score (nSPS) is 18.1. The second kappa shape index (κ2) is 11.7. The first-order valence-electron chi connectivity index (χ1n) is 12.3. The summed E-state index contributed by atoms with van der Waals surface area (Å²) < 4.78 is 69.0. The SMILES string of the molecule is CCOCc1ccc(C2CCC(/C=C/c3ccc(-c4ccc(OC)cc4)c(F)c3F)CC2)c(F)c1F. The second-order valence-electron chi connectivity index (χ2n) is 9.11. The molecule has 3 aromatic rings. The summed E-state index contributed by atoms with van der Waals surface area (Å²) in [4.78, 5) is 0. The molecule has 1 saturated carbocycles. The Kier molecular flexibility index (Phi) is 8.47. The Morgan fingerprint density at radius 1 is 0.806 bits per heavy atom. The molecule has 0 spiro atoms. The van der Waals surface area contributed by atoms with E-state index >= 15 is 0 Å². The average Bonchev–Trinajstić information content (AvgIpc) is 2.91. The Morgan fingerprint density at radius 2 is 1.53 bits per heavy atom. The van der Waals surface area contributed by atoms with Crippen LogP contribution < -0.4 is 4.74 Å². The Labute approximate surface area is 209 Å². The maximum absolute atomic E-state index is 14.8. The highest BCUT2D eigenvalue weighted by molar-refractivity contribution is 5.67. The fourth-order valence-electron chi connectivity index (χ4n) is 4.79. The van der Waals surface area contributed by atoms with Gasteiger partial charge in [-0.2, -0.15) is 0 Å². The van der Waals surface area contributed by atoms with E-state index in [0.29, 0.717) is 36.3 Å². The van der Waals surface area contributed by atoms with Crippen molar-refractivity contribution in [1.82, 2.24) is 0 Å². The van der Waals surface area contributed by atoms with Gasteiger partial charge >= 0.3 is 0 Å². The van der Waals surface area contributed by atoms with Gasteiger partial charge < -0.3 is 9.47 Å². The lowest BCUT2D eigenvalue weighted by Gasteiger charge is -2.27. The van der Waals surface area contributed by atoms with Crippen molar-refractivity contribution in [3.8, 4) is 16.9 Å². The molecule has 2 nitrogen and oxygen atoms in total. The maximum Gasteiger partial charge on any atom is 0.167 e. The molecule has 0 atom stereocenters. The van der Waals surface area contributed by atoms with E-state index in [9.17, 15) is 17.6 Å². The van der Waals surface area contributed by atoms with Gasteiger partial charge in [0.15, 0.2) is 23.3 Å². The summed E-state index contributed by atoms with van der Waals surface area (Å²) in [6.07, 6.45) is 6.42. The van der Waals surface area contributed by atoms with Gasteiger partial charge in [-0.25, -0.2) is 17.6 Å². The van der Waals surface area contributed by atoms with Gasteiger partial charge in [0.05, 0.1) is 13.7 Å². The molecule has 0 N–H and O–H groups in total. The van der Waals surface area contributed by atoms with E-state index in [1.54, 1.807) is 68.6 Å². The van der Waals surface area contributed by atoms with E-state index in [1.165, 1.54) is 0 Å². The Bertz CT molecular complexity index is 1210. The molecule has 1 aliphatic carbocycles. The molecule has 1 fully saturated rings. The number of hydrogen-bond donors (Lipinski definition) is 0. The molecule has 1 aliphatic rings. The fraction of sp³-hybridized carbons (Fsp3) is 0.333. The summed E-state index contributed by atoms with van der Waals surface area (Å²) in [5.41, 5.74) is 1.56. The summed E-state index contributed by atoms with van der Waals surface area (Å²) in [6, 6.07) is 13.2. The third kappa shape index (κ3) is 5.65. The number of rotatable bonds is 8. The number of allylic oxidation sites excluding steroid dienone is 1. The van der Waals surface area contributed by atoms with E-state index in [0.717, 1.165) is 12.8 Å². The van der Waals surface area contributed by atoms with Gasteiger partial charge in [-0.3, -0.25) is 0 Å². The van der Waals surface area contributed by atoms with Gasteiger partial charge in [0.2, 0.25) is 0 Å². The molecular formula is C30H30F4O2. The zero-order valence-corrected chi connectivity index (χ0v) is 20.5. The molecule has 0 aromatic heterocycles. The van der Waals surface area contributed by atoms with Crippen molar-refractivity contribution >= 4 is 6.08 Å². The molecule has 0 radical (unpaired) electrons. The first-order chi connectivity index (χ1) is 17.4. The van der Waals surface area contributed by atoms with Crippen molar-refractivity contribution in [1.29, 1.82) is 0 Å². The van der Waals surface area contributed by atoms with E-state index < -0.39 is 23.3 Å². The molecule has 0 heterocycles. The van der Waals surface area contributed by atoms with Crippen LogP contribution in [0.15, 0.2) is 54.6 Å². The molecule has 0 bridgehead atoms. The minimum absolute atomic E-state index is 0.0509. The zero-order chi connectivity index (χ0) is 25.7. The molecule has 4 rings (SSSR count). The predicted octanol–water partition coefficient (Wildman–Crippen LogP) is 8.44. The summed E-state index contributed by atoms with van der Waals surface area (Å²) in [7, 11) is 1.54. The minimum atomic E-state index is -0.892. The molecule has 6 heteroatoms. The van der Waals surface area contributed by atoms with Crippen molar-refractivity contribution in [2.45, 2.75) is 45.1 Å². The van der Waals surface area contributed by atoms with E-state index in [2.05, 4.69) is 0 Å². The summed E-state index contributed by atoms with van der Waals surface area (Å²) >= 11 is 0. The topological polar surface area (TPSA) is 18.5 Å². The first kappa shape index (κ1) is 26.0. The Hall–Kier alpha value is -3.12. The maximum atomic E-state index is 14.8. The number of ether oxygens (including phenoxy) is 2. The van der Waals surface area contributed by atoms with E-state index in [-0.39, 0.29) is 35.1 Å². The highest BCUT2D eigenvalue weighted by atomic mass is 19.2. The van der Waals surface area contributed by atoms with Crippen LogP contribution in [0.2, 0.25) is 0 Å². The summed E-state index contributed by atoms with van der Waals surface area (Å²) in [6.45, 7) is 2.29. The first-order valence-corrected chi connectivity index (χ1v) is 12.3. The molecule has 0 unspecified atom stereocenters. The number of methoxy groups -OCH3 is 1. The van der Waals surface area contributed by atoms with Crippen LogP contribution in [0.1, 0.15) is 55.2 Å². The largest absolute Gasteiger partial charge is 0.497 e. The third-order valence-electron chi connectivity index (χ3n) is 6.93. The zero-order valence-electron chi connectivity index (χ0n) is 20.5. The summed E-state index contributed by atoms with van der Waals surface area (Å²) in [5, 5.41) is 0. The predicted molar refractivity (Wildman–Crippen MR) is 134 cm³/mol. The van der Waals surface area contributed by atoms with Gasteiger partial charge in [0, 0.05) is 23.3 Å². The van der Waals surface area contributed by atoms with Crippen LogP contribution in [-0.4, -0.2) is 13.7 Å². The van der Waals surface area contributed by atoms with E-state index in [4.69, 9.17) is 9.47 Å². The lowest BCUT2D eigenvalue weighted by molar-refractivity contribution is 0.131. The van der Waals surface area contributed by atoms with Crippen LogP contribution in [-0.2, 0) is 11.3 Å². The molecular weight excluding hydrogens is 468 g/mol. The fourth-order valence-corrected chi connectivity index (χ4v) is 4.79. The smallest absolute Gasteiger partial charge is 0.167 e. The molecule has 0 aliphatic heterocycles. The van der Waals surface area contributed by atoms with Gasteiger partial charge in [0.1, 0.15) is 5.75 Å². The number of benzene rings is 3. The van der Waals surface area contributed by atoms with Crippen molar-refractivity contribution in [2.75, 3.05) is 13.7 Å². The quantitative estimate of drug-likeness (QED) is 0.290. The van der Waals surface area contributed by atoms with Crippen LogP contribution in [0.4, 0.5) is 17.6 Å². The molecule has 3 aromatic carbocycles. The Balaban J connectivity index is 1.40. The van der Waals surface area contributed by atoms with Crippen LogP contribution in [0.5, 0.6) is 5.75 Å². The third-order valence-corrected chi connectivity index (χ3v) is 6.93. The van der Waals surface area contributed by atoms with Crippen molar-refractivity contribution in [2.24, 2.45) is 5.92 Å². The molecule has 36 heavy (non-hydrogen) atoms. The second-order valence-corrected chi connectivity index (χ2v) is 9.11. The molecule has 0 amide bonds. The van der Waals surface area contributed by atoms with Crippen LogP contribution in [0.3, 0.4) is 0 Å². The van der Waals surface area contributed by atoms with Gasteiger partial charge in [-0.05, 0) is 67.7 Å². The van der Waals surface area contributed by atoms with Crippen LogP contribution in [0, 0.1) is 29.2 Å². The minimum Gasteiger partial charge on any atom is -0.497 e. The monoisotopic (exact) mass is 498 g/mol. The summed E-state index contributed by atoms with van der Waals surface area (Å²) in [5.74, 6) is -2.67. The lowest BCUT2D eigenvalue weighted by Crippen LogP contribution is -2.14. The van der Waals surface area contributed by atoms with Gasteiger partial charge in [-0.1, -0.05) is 48.6 Å². The van der Waals surface area contributed by atoms with Crippen molar-refractivity contribution in [3.05, 3.63) is 94.6 Å². The standard InChI is InChI=1S/C30H30F4O2/c1-3-36-18-23-13-17-26(30(34)28(23)32)20-7-4-19(5-8-20)6-9-22-12-16-25(29(33)27(22)31)21-10-14-24(35-2)15-11-21/h6,9-17,19-20H,3-5,7-8,18H2,1-2H3/b9-6+. The highest BCUT2D eigenvalue weighted by Crippen LogP contribution is 2.38.